The van der Waals surface area contributed by atoms with Crippen molar-refractivity contribution < 1.29 is 57.2 Å². The number of unbranched alkanes of at least 4 members (excludes halogenated alkanes) is 2. The van der Waals surface area contributed by atoms with E-state index < -0.39 is 0 Å². The van der Waals surface area contributed by atoms with Crippen molar-refractivity contribution in [2.45, 2.75) is 58.3 Å². The van der Waals surface area contributed by atoms with Gasteiger partial charge in [0.1, 0.15) is 12.4 Å². The van der Waals surface area contributed by atoms with Crippen LogP contribution in [0.4, 0.5) is 0 Å². The molecule has 0 aliphatic heterocycles. The third-order valence-corrected chi connectivity index (χ3v) is 7.74. The molecule has 0 bridgehead atoms. The molecule has 288 valence electrons. The molecular formula is C37H68O12. The van der Waals surface area contributed by atoms with Gasteiger partial charge in [-0.25, -0.2) is 0 Å². The molecule has 0 aliphatic carbocycles. The summed E-state index contributed by atoms with van der Waals surface area (Å²) in [6.07, 6.45) is 6.19. The summed E-state index contributed by atoms with van der Waals surface area (Å²) in [6.45, 7) is 17.4. The van der Waals surface area contributed by atoms with Crippen LogP contribution in [0, 0.1) is 0 Å². The van der Waals surface area contributed by atoms with Gasteiger partial charge in [-0.3, -0.25) is 0 Å². The van der Waals surface area contributed by atoms with Gasteiger partial charge in [0.25, 0.3) is 0 Å². The summed E-state index contributed by atoms with van der Waals surface area (Å²) < 4.78 is 60.3. The SMILES string of the molecule is CCCCCC(C)(CC)c1ccc(OCCOCCOCCOCCOCCOCCOCCOCCOCCOCCOCCO)cc1. The molecule has 0 saturated heterocycles. The van der Waals surface area contributed by atoms with Crippen molar-refractivity contribution in [2.75, 3.05) is 145 Å². The summed E-state index contributed by atoms with van der Waals surface area (Å²) in [5, 5.41) is 8.59. The van der Waals surface area contributed by atoms with E-state index in [4.69, 9.17) is 57.2 Å². The lowest BCUT2D eigenvalue weighted by molar-refractivity contribution is -0.0270. The summed E-state index contributed by atoms with van der Waals surface area (Å²) in [7, 11) is 0. The molecule has 1 atom stereocenters. The number of ether oxygens (including phenoxy) is 11. The molecular weight excluding hydrogens is 636 g/mol. The summed E-state index contributed by atoms with van der Waals surface area (Å²) in [5.74, 6) is 0.879. The Balaban J connectivity index is 1.76. The van der Waals surface area contributed by atoms with Gasteiger partial charge < -0.3 is 57.2 Å². The minimum atomic E-state index is 0.0262. The fraction of sp³-hybridized carbons (Fsp3) is 0.838. The Morgan fingerprint density at radius 2 is 0.776 bits per heavy atom. The van der Waals surface area contributed by atoms with Crippen LogP contribution in [0.25, 0.3) is 0 Å². The Labute approximate surface area is 296 Å². The fourth-order valence-corrected chi connectivity index (χ4v) is 4.61. The second-order valence-corrected chi connectivity index (χ2v) is 11.6. The van der Waals surface area contributed by atoms with Gasteiger partial charge in [-0.15, -0.1) is 0 Å². The van der Waals surface area contributed by atoms with E-state index >= 15 is 0 Å². The summed E-state index contributed by atoms with van der Waals surface area (Å²) in [5.41, 5.74) is 1.62. The van der Waals surface area contributed by atoms with Crippen LogP contribution in [0.3, 0.4) is 0 Å². The minimum Gasteiger partial charge on any atom is -0.491 e. The maximum absolute atomic E-state index is 8.59. The highest BCUT2D eigenvalue weighted by molar-refractivity contribution is 5.32. The maximum atomic E-state index is 8.59. The summed E-state index contributed by atoms with van der Waals surface area (Å²) >= 11 is 0. The fourth-order valence-electron chi connectivity index (χ4n) is 4.61. The quantitative estimate of drug-likeness (QED) is 0.0974. The van der Waals surface area contributed by atoms with Crippen LogP contribution in [0.15, 0.2) is 24.3 Å². The number of hydrogen-bond donors (Lipinski definition) is 1. The Morgan fingerprint density at radius 3 is 1.08 bits per heavy atom. The van der Waals surface area contributed by atoms with Crippen molar-refractivity contribution in [1.29, 1.82) is 0 Å². The van der Waals surface area contributed by atoms with E-state index in [1.54, 1.807) is 0 Å². The van der Waals surface area contributed by atoms with E-state index in [0.29, 0.717) is 139 Å². The molecule has 0 saturated carbocycles. The summed E-state index contributed by atoms with van der Waals surface area (Å²) in [4.78, 5) is 0. The first kappa shape index (κ1) is 45.6. The van der Waals surface area contributed by atoms with Crippen LogP contribution in [0.5, 0.6) is 5.75 Å². The lowest BCUT2D eigenvalue weighted by Gasteiger charge is -2.29. The average Bonchev–Trinajstić information content (AvgIpc) is 3.12. The number of rotatable bonds is 39. The first-order chi connectivity index (χ1) is 24.2. The van der Waals surface area contributed by atoms with Crippen molar-refractivity contribution in [2.24, 2.45) is 0 Å². The van der Waals surface area contributed by atoms with Crippen LogP contribution in [0.1, 0.15) is 58.4 Å². The van der Waals surface area contributed by atoms with Gasteiger partial charge in [0.05, 0.1) is 139 Å². The van der Waals surface area contributed by atoms with Gasteiger partial charge in [0.2, 0.25) is 0 Å². The third-order valence-electron chi connectivity index (χ3n) is 7.74. The Kier molecular flexibility index (Phi) is 32.6. The van der Waals surface area contributed by atoms with Crippen molar-refractivity contribution in [3.05, 3.63) is 29.8 Å². The molecule has 1 unspecified atom stereocenters. The monoisotopic (exact) mass is 704 g/mol. The maximum Gasteiger partial charge on any atom is 0.119 e. The van der Waals surface area contributed by atoms with Gasteiger partial charge in [0, 0.05) is 0 Å². The first-order valence-electron chi connectivity index (χ1n) is 18.3. The predicted octanol–water partition coefficient (Wildman–Crippen LogP) is 4.47. The molecule has 1 rings (SSSR count). The highest BCUT2D eigenvalue weighted by Crippen LogP contribution is 2.34. The molecule has 1 N–H and O–H groups in total. The first-order valence-corrected chi connectivity index (χ1v) is 18.3. The largest absolute Gasteiger partial charge is 0.491 e. The van der Waals surface area contributed by atoms with E-state index in [9.17, 15) is 0 Å². The van der Waals surface area contributed by atoms with Crippen LogP contribution >= 0.6 is 0 Å². The van der Waals surface area contributed by atoms with Gasteiger partial charge in [-0.2, -0.15) is 0 Å². The van der Waals surface area contributed by atoms with Gasteiger partial charge >= 0.3 is 0 Å². The van der Waals surface area contributed by atoms with Crippen molar-refractivity contribution in [3.8, 4) is 5.75 Å². The van der Waals surface area contributed by atoms with E-state index in [1.807, 2.05) is 0 Å². The number of aliphatic hydroxyl groups excluding tert-OH is 1. The highest BCUT2D eigenvalue weighted by atomic mass is 16.6. The molecule has 0 amide bonds. The highest BCUT2D eigenvalue weighted by Gasteiger charge is 2.23. The molecule has 0 heterocycles. The van der Waals surface area contributed by atoms with Gasteiger partial charge in [-0.05, 0) is 36.0 Å². The topological polar surface area (TPSA) is 122 Å². The van der Waals surface area contributed by atoms with Crippen LogP contribution in [0.2, 0.25) is 0 Å². The van der Waals surface area contributed by atoms with Crippen molar-refractivity contribution >= 4 is 0 Å². The Bertz CT molecular complexity index is 800. The number of hydrogen-bond acceptors (Lipinski definition) is 12. The zero-order chi connectivity index (χ0) is 35.4. The molecule has 0 radical (unpaired) electrons. The summed E-state index contributed by atoms with van der Waals surface area (Å²) in [6, 6.07) is 8.57. The van der Waals surface area contributed by atoms with Crippen LogP contribution < -0.4 is 4.74 Å². The second kappa shape index (κ2) is 35.0. The van der Waals surface area contributed by atoms with E-state index in [1.165, 1.54) is 31.2 Å². The van der Waals surface area contributed by atoms with E-state index in [0.717, 1.165) is 12.2 Å². The molecule has 1 aromatic rings. The molecule has 12 nitrogen and oxygen atoms in total. The molecule has 49 heavy (non-hydrogen) atoms. The van der Waals surface area contributed by atoms with Crippen LogP contribution in [-0.2, 0) is 52.8 Å². The van der Waals surface area contributed by atoms with Crippen molar-refractivity contribution in [3.63, 3.8) is 0 Å². The number of aliphatic hydroxyl groups is 1. The molecule has 0 aliphatic rings. The molecule has 0 aromatic heterocycles. The zero-order valence-corrected chi connectivity index (χ0v) is 30.8. The molecule has 0 spiro atoms. The third kappa shape index (κ3) is 27.9. The van der Waals surface area contributed by atoms with E-state index in [-0.39, 0.29) is 12.0 Å². The lowest BCUT2D eigenvalue weighted by atomic mass is 9.76. The van der Waals surface area contributed by atoms with Crippen LogP contribution in [-0.4, -0.2) is 150 Å². The Hall–Kier alpha value is -1.42. The van der Waals surface area contributed by atoms with Crippen molar-refractivity contribution in [1.82, 2.24) is 0 Å². The molecule has 1 aromatic carbocycles. The number of benzene rings is 1. The normalized spacial score (nSPS) is 12.8. The lowest BCUT2D eigenvalue weighted by Crippen LogP contribution is -2.20. The standard InChI is InChI=1S/C37H68O12/c1-4-6-7-12-37(3,5-2)35-8-10-36(11-9-35)49-34-33-48-32-31-47-30-29-46-28-27-45-26-25-44-24-23-43-22-21-42-20-19-41-18-17-40-16-15-39-14-13-38/h8-11,38H,4-7,12-34H2,1-3H3. The van der Waals surface area contributed by atoms with Gasteiger partial charge in [0.15, 0.2) is 0 Å². The molecule has 0 fully saturated rings. The minimum absolute atomic E-state index is 0.0262. The zero-order valence-electron chi connectivity index (χ0n) is 30.8. The second-order valence-electron chi connectivity index (χ2n) is 11.6. The average molecular weight is 705 g/mol. The van der Waals surface area contributed by atoms with E-state index in [2.05, 4.69) is 45.0 Å². The smallest absolute Gasteiger partial charge is 0.119 e. The van der Waals surface area contributed by atoms with Gasteiger partial charge in [-0.1, -0.05) is 52.2 Å². The molecule has 12 heteroatoms. The predicted molar refractivity (Wildman–Crippen MR) is 189 cm³/mol. The Morgan fingerprint density at radius 1 is 0.449 bits per heavy atom.